The SMILES string of the molecule is COC(=O)C(C)NC(C)c1cccc(F)c1. The van der Waals surface area contributed by atoms with Gasteiger partial charge in [-0.2, -0.15) is 0 Å². The zero-order chi connectivity index (χ0) is 12.1. The number of ether oxygens (including phenoxy) is 1. The highest BCUT2D eigenvalue weighted by Gasteiger charge is 2.16. The molecule has 0 saturated carbocycles. The Balaban J connectivity index is 2.65. The van der Waals surface area contributed by atoms with E-state index in [9.17, 15) is 9.18 Å². The van der Waals surface area contributed by atoms with Crippen LogP contribution in [-0.4, -0.2) is 19.1 Å². The quantitative estimate of drug-likeness (QED) is 0.797. The van der Waals surface area contributed by atoms with Crippen LogP contribution >= 0.6 is 0 Å². The van der Waals surface area contributed by atoms with Crippen molar-refractivity contribution in [1.29, 1.82) is 0 Å². The number of carbonyl (C=O) groups excluding carboxylic acids is 1. The van der Waals surface area contributed by atoms with Crippen LogP contribution in [0.15, 0.2) is 24.3 Å². The second kappa shape index (κ2) is 5.61. The topological polar surface area (TPSA) is 38.3 Å². The molecule has 0 spiro atoms. The zero-order valence-electron chi connectivity index (χ0n) is 9.66. The lowest BCUT2D eigenvalue weighted by atomic mass is 10.1. The number of methoxy groups -OCH3 is 1. The van der Waals surface area contributed by atoms with Crippen molar-refractivity contribution in [1.82, 2.24) is 5.32 Å². The minimum absolute atomic E-state index is 0.107. The van der Waals surface area contributed by atoms with E-state index in [-0.39, 0.29) is 17.8 Å². The van der Waals surface area contributed by atoms with Gasteiger partial charge >= 0.3 is 5.97 Å². The van der Waals surface area contributed by atoms with Gasteiger partial charge in [0.05, 0.1) is 7.11 Å². The second-order valence-electron chi connectivity index (χ2n) is 3.69. The first-order valence-electron chi connectivity index (χ1n) is 5.14. The molecule has 0 aromatic heterocycles. The van der Waals surface area contributed by atoms with Crippen molar-refractivity contribution in [3.05, 3.63) is 35.6 Å². The van der Waals surface area contributed by atoms with E-state index in [4.69, 9.17) is 0 Å². The Morgan fingerprint density at radius 2 is 2.12 bits per heavy atom. The van der Waals surface area contributed by atoms with E-state index in [1.165, 1.54) is 19.2 Å². The summed E-state index contributed by atoms with van der Waals surface area (Å²) in [5.74, 6) is -0.611. The predicted octanol–water partition coefficient (Wildman–Crippen LogP) is 2.04. The predicted molar refractivity (Wildman–Crippen MR) is 59.4 cm³/mol. The van der Waals surface area contributed by atoms with Crippen LogP contribution in [0.5, 0.6) is 0 Å². The summed E-state index contributed by atoms with van der Waals surface area (Å²) in [5.41, 5.74) is 0.802. The van der Waals surface area contributed by atoms with Crippen LogP contribution in [0.25, 0.3) is 0 Å². The normalized spacial score (nSPS) is 14.2. The lowest BCUT2D eigenvalue weighted by Gasteiger charge is -2.18. The number of carbonyl (C=O) groups is 1. The highest BCUT2D eigenvalue weighted by Crippen LogP contribution is 2.14. The van der Waals surface area contributed by atoms with Crippen LogP contribution < -0.4 is 5.32 Å². The van der Waals surface area contributed by atoms with Gasteiger partial charge in [-0.15, -0.1) is 0 Å². The molecule has 16 heavy (non-hydrogen) atoms. The molecule has 88 valence electrons. The van der Waals surface area contributed by atoms with Crippen LogP contribution in [-0.2, 0) is 9.53 Å². The zero-order valence-corrected chi connectivity index (χ0v) is 9.66. The molecule has 1 rings (SSSR count). The smallest absolute Gasteiger partial charge is 0.322 e. The largest absolute Gasteiger partial charge is 0.468 e. The van der Waals surface area contributed by atoms with E-state index in [0.29, 0.717) is 0 Å². The molecule has 1 N–H and O–H groups in total. The minimum Gasteiger partial charge on any atom is -0.468 e. The summed E-state index contributed by atoms with van der Waals surface area (Å²) in [6, 6.07) is 5.77. The fraction of sp³-hybridized carbons (Fsp3) is 0.417. The average molecular weight is 225 g/mol. The van der Waals surface area contributed by atoms with Crippen LogP contribution in [0.3, 0.4) is 0 Å². The summed E-state index contributed by atoms with van der Waals surface area (Å²) in [7, 11) is 1.34. The Hall–Kier alpha value is -1.42. The maximum atomic E-state index is 13.0. The van der Waals surface area contributed by atoms with Gasteiger partial charge in [0.25, 0.3) is 0 Å². The molecule has 0 fully saturated rings. The molecule has 0 bridgehead atoms. The molecule has 2 unspecified atom stereocenters. The standard InChI is InChI=1S/C12H16FNO2/c1-8(14-9(2)12(15)16-3)10-5-4-6-11(13)7-10/h4-9,14H,1-3H3. The summed E-state index contributed by atoms with van der Waals surface area (Å²) in [6.07, 6.45) is 0. The summed E-state index contributed by atoms with van der Waals surface area (Å²) < 4.78 is 17.6. The first-order valence-corrected chi connectivity index (χ1v) is 5.14. The van der Waals surface area contributed by atoms with Gasteiger partial charge in [-0.05, 0) is 31.5 Å². The number of esters is 1. The summed E-state index contributed by atoms with van der Waals surface area (Å²) in [6.45, 7) is 3.58. The number of benzene rings is 1. The van der Waals surface area contributed by atoms with Crippen LogP contribution in [0, 0.1) is 5.82 Å². The second-order valence-corrected chi connectivity index (χ2v) is 3.69. The first kappa shape index (κ1) is 12.6. The number of nitrogens with one attached hydrogen (secondary N) is 1. The van der Waals surface area contributed by atoms with E-state index < -0.39 is 6.04 Å². The molecular formula is C12H16FNO2. The van der Waals surface area contributed by atoms with Crippen molar-refractivity contribution >= 4 is 5.97 Å². The van der Waals surface area contributed by atoms with Crippen molar-refractivity contribution in [3.63, 3.8) is 0 Å². The summed E-state index contributed by atoms with van der Waals surface area (Å²) >= 11 is 0. The molecule has 0 saturated heterocycles. The third-order valence-electron chi connectivity index (χ3n) is 2.40. The van der Waals surface area contributed by atoms with Gasteiger partial charge < -0.3 is 4.74 Å². The summed E-state index contributed by atoms with van der Waals surface area (Å²) in [5, 5.41) is 3.03. The third-order valence-corrected chi connectivity index (χ3v) is 2.40. The molecule has 0 aliphatic carbocycles. The molecule has 0 aliphatic heterocycles. The van der Waals surface area contributed by atoms with E-state index in [1.54, 1.807) is 13.0 Å². The number of hydrogen-bond donors (Lipinski definition) is 1. The number of rotatable bonds is 4. The lowest BCUT2D eigenvalue weighted by molar-refractivity contribution is -0.142. The maximum Gasteiger partial charge on any atom is 0.322 e. The maximum absolute atomic E-state index is 13.0. The molecular weight excluding hydrogens is 209 g/mol. The highest BCUT2D eigenvalue weighted by molar-refractivity contribution is 5.75. The van der Waals surface area contributed by atoms with Crippen molar-refractivity contribution < 1.29 is 13.9 Å². The number of halogens is 1. The van der Waals surface area contributed by atoms with Gasteiger partial charge in [0.15, 0.2) is 0 Å². The third kappa shape index (κ3) is 3.31. The molecule has 0 aliphatic rings. The summed E-state index contributed by atoms with van der Waals surface area (Å²) in [4.78, 5) is 11.2. The van der Waals surface area contributed by atoms with Gasteiger partial charge in [0.2, 0.25) is 0 Å². The van der Waals surface area contributed by atoms with Crippen molar-refractivity contribution in [2.24, 2.45) is 0 Å². The Morgan fingerprint density at radius 1 is 1.44 bits per heavy atom. The Labute approximate surface area is 94.6 Å². The number of hydrogen-bond acceptors (Lipinski definition) is 3. The fourth-order valence-electron chi connectivity index (χ4n) is 1.49. The highest BCUT2D eigenvalue weighted by atomic mass is 19.1. The molecule has 4 heteroatoms. The van der Waals surface area contributed by atoms with Gasteiger partial charge in [0, 0.05) is 6.04 Å². The fourth-order valence-corrected chi connectivity index (χ4v) is 1.49. The molecule has 2 atom stereocenters. The Kier molecular flexibility index (Phi) is 4.43. The van der Waals surface area contributed by atoms with Crippen LogP contribution in [0.2, 0.25) is 0 Å². The van der Waals surface area contributed by atoms with Crippen molar-refractivity contribution in [2.45, 2.75) is 25.9 Å². The van der Waals surface area contributed by atoms with Gasteiger partial charge in [-0.3, -0.25) is 10.1 Å². The van der Waals surface area contributed by atoms with E-state index in [2.05, 4.69) is 10.1 Å². The van der Waals surface area contributed by atoms with E-state index in [0.717, 1.165) is 5.56 Å². The first-order chi connectivity index (χ1) is 7.54. The minimum atomic E-state index is -0.414. The molecule has 0 amide bonds. The van der Waals surface area contributed by atoms with Gasteiger partial charge in [0.1, 0.15) is 11.9 Å². The molecule has 0 heterocycles. The Bertz CT molecular complexity index is 368. The van der Waals surface area contributed by atoms with Crippen molar-refractivity contribution in [3.8, 4) is 0 Å². The van der Waals surface area contributed by atoms with Gasteiger partial charge in [-0.25, -0.2) is 4.39 Å². The van der Waals surface area contributed by atoms with Crippen LogP contribution in [0.4, 0.5) is 4.39 Å². The lowest BCUT2D eigenvalue weighted by Crippen LogP contribution is -2.36. The van der Waals surface area contributed by atoms with Crippen LogP contribution in [0.1, 0.15) is 25.5 Å². The van der Waals surface area contributed by atoms with Gasteiger partial charge in [-0.1, -0.05) is 12.1 Å². The monoisotopic (exact) mass is 225 g/mol. The van der Waals surface area contributed by atoms with Crippen molar-refractivity contribution in [2.75, 3.05) is 7.11 Å². The van der Waals surface area contributed by atoms with E-state index >= 15 is 0 Å². The molecule has 0 radical (unpaired) electrons. The average Bonchev–Trinajstić information content (AvgIpc) is 2.27. The molecule has 1 aromatic carbocycles. The Morgan fingerprint density at radius 3 is 2.69 bits per heavy atom. The molecule has 1 aromatic rings. The van der Waals surface area contributed by atoms with E-state index in [1.807, 2.05) is 13.0 Å². The molecule has 3 nitrogen and oxygen atoms in total.